The van der Waals surface area contributed by atoms with Gasteiger partial charge in [0.05, 0.1) is 5.69 Å². The Bertz CT molecular complexity index is 352. The van der Waals surface area contributed by atoms with Crippen molar-refractivity contribution < 1.29 is 4.52 Å². The van der Waals surface area contributed by atoms with Crippen LogP contribution in [0, 0.1) is 5.41 Å². The molecule has 1 aromatic rings. The Labute approximate surface area is 98.5 Å². The Balaban J connectivity index is 1.93. The zero-order valence-corrected chi connectivity index (χ0v) is 10.5. The largest absolute Gasteiger partial charge is 0.361 e. The number of halogens is 1. The standard InChI is InChI=1S/C12H16BrNO/c13-8-10-9-7-12(4-1-2-5-12)6-3-11(9)15-14-10/h1-8H2. The van der Waals surface area contributed by atoms with Gasteiger partial charge in [0.15, 0.2) is 0 Å². The first kappa shape index (κ1) is 9.88. The van der Waals surface area contributed by atoms with Crippen LogP contribution in [0.4, 0.5) is 0 Å². The number of hydrogen-bond acceptors (Lipinski definition) is 2. The third-order valence-electron chi connectivity index (χ3n) is 4.18. The van der Waals surface area contributed by atoms with E-state index < -0.39 is 0 Å². The van der Waals surface area contributed by atoms with Crippen LogP contribution in [0.15, 0.2) is 4.52 Å². The average Bonchev–Trinajstić information content (AvgIpc) is 2.85. The number of nitrogens with zero attached hydrogens (tertiary/aromatic N) is 1. The van der Waals surface area contributed by atoms with Crippen molar-refractivity contribution in [3.8, 4) is 0 Å². The van der Waals surface area contributed by atoms with Gasteiger partial charge in [-0.15, -0.1) is 0 Å². The lowest BCUT2D eigenvalue weighted by atomic mass is 9.72. The van der Waals surface area contributed by atoms with Crippen LogP contribution in [0.2, 0.25) is 0 Å². The maximum Gasteiger partial charge on any atom is 0.140 e. The quantitative estimate of drug-likeness (QED) is 0.728. The molecule has 0 N–H and O–H groups in total. The second kappa shape index (κ2) is 3.62. The van der Waals surface area contributed by atoms with Crippen molar-refractivity contribution >= 4 is 15.9 Å². The summed E-state index contributed by atoms with van der Waals surface area (Å²) in [6.07, 6.45) is 9.31. The van der Waals surface area contributed by atoms with Crippen LogP contribution in [0.1, 0.15) is 49.1 Å². The lowest BCUT2D eigenvalue weighted by Crippen LogP contribution is -2.25. The zero-order chi connectivity index (χ0) is 10.3. The van der Waals surface area contributed by atoms with Gasteiger partial charge in [-0.25, -0.2) is 0 Å². The highest BCUT2D eigenvalue weighted by Crippen LogP contribution is 2.48. The van der Waals surface area contributed by atoms with E-state index in [9.17, 15) is 0 Å². The van der Waals surface area contributed by atoms with Gasteiger partial charge in [-0.1, -0.05) is 33.9 Å². The van der Waals surface area contributed by atoms with Crippen LogP contribution in [-0.4, -0.2) is 5.16 Å². The summed E-state index contributed by atoms with van der Waals surface area (Å²) in [6, 6.07) is 0. The summed E-state index contributed by atoms with van der Waals surface area (Å²) in [7, 11) is 0. The second-order valence-corrected chi connectivity index (χ2v) is 5.61. The first-order valence-electron chi connectivity index (χ1n) is 5.85. The molecule has 1 heterocycles. The Kier molecular flexibility index (Phi) is 2.38. The fraction of sp³-hybridized carbons (Fsp3) is 0.750. The molecule has 15 heavy (non-hydrogen) atoms. The van der Waals surface area contributed by atoms with Crippen molar-refractivity contribution in [3.05, 3.63) is 17.0 Å². The van der Waals surface area contributed by atoms with Crippen LogP contribution in [0.25, 0.3) is 0 Å². The Morgan fingerprint density at radius 3 is 2.80 bits per heavy atom. The monoisotopic (exact) mass is 269 g/mol. The van der Waals surface area contributed by atoms with E-state index in [1.165, 1.54) is 44.1 Å². The molecule has 3 heteroatoms. The summed E-state index contributed by atoms with van der Waals surface area (Å²) < 4.78 is 5.40. The maximum atomic E-state index is 5.40. The maximum absolute atomic E-state index is 5.40. The predicted molar refractivity (Wildman–Crippen MR) is 62.1 cm³/mol. The molecule has 0 saturated heterocycles. The van der Waals surface area contributed by atoms with E-state index in [0.29, 0.717) is 5.41 Å². The van der Waals surface area contributed by atoms with Gasteiger partial charge in [0.2, 0.25) is 0 Å². The van der Waals surface area contributed by atoms with Crippen molar-refractivity contribution in [1.82, 2.24) is 5.16 Å². The fourth-order valence-electron chi connectivity index (χ4n) is 3.28. The molecule has 2 aliphatic rings. The van der Waals surface area contributed by atoms with Crippen molar-refractivity contribution in [2.24, 2.45) is 5.41 Å². The normalized spacial score (nSPS) is 23.3. The van der Waals surface area contributed by atoms with E-state index >= 15 is 0 Å². The molecule has 3 rings (SSSR count). The molecule has 0 amide bonds. The van der Waals surface area contributed by atoms with E-state index in [0.717, 1.165) is 23.2 Å². The number of aryl methyl sites for hydroxylation is 1. The topological polar surface area (TPSA) is 26.0 Å². The summed E-state index contributed by atoms with van der Waals surface area (Å²) in [6.45, 7) is 0. The van der Waals surface area contributed by atoms with Crippen LogP contribution >= 0.6 is 15.9 Å². The fourth-order valence-corrected chi connectivity index (χ4v) is 3.72. The summed E-state index contributed by atoms with van der Waals surface area (Å²) in [5.41, 5.74) is 3.16. The smallest absolute Gasteiger partial charge is 0.140 e. The molecule has 0 unspecified atom stereocenters. The van der Waals surface area contributed by atoms with Crippen LogP contribution in [-0.2, 0) is 18.2 Å². The molecule has 82 valence electrons. The third-order valence-corrected chi connectivity index (χ3v) is 4.71. The van der Waals surface area contributed by atoms with E-state index in [1.807, 2.05) is 0 Å². The van der Waals surface area contributed by atoms with Crippen LogP contribution in [0.3, 0.4) is 0 Å². The molecule has 1 spiro atoms. The van der Waals surface area contributed by atoms with Crippen molar-refractivity contribution in [2.75, 3.05) is 0 Å². The molecule has 2 nitrogen and oxygen atoms in total. The average molecular weight is 270 g/mol. The van der Waals surface area contributed by atoms with E-state index in [1.54, 1.807) is 0 Å². The Morgan fingerprint density at radius 2 is 2.07 bits per heavy atom. The van der Waals surface area contributed by atoms with Gasteiger partial charge in [0.1, 0.15) is 5.76 Å². The number of rotatable bonds is 1. The van der Waals surface area contributed by atoms with Gasteiger partial charge >= 0.3 is 0 Å². The third kappa shape index (κ3) is 1.55. The highest BCUT2D eigenvalue weighted by atomic mass is 79.9. The minimum absolute atomic E-state index is 0.607. The number of aromatic nitrogens is 1. The van der Waals surface area contributed by atoms with Crippen molar-refractivity contribution in [1.29, 1.82) is 0 Å². The van der Waals surface area contributed by atoms with Crippen molar-refractivity contribution in [3.63, 3.8) is 0 Å². The predicted octanol–water partition coefficient (Wildman–Crippen LogP) is 3.62. The van der Waals surface area contributed by atoms with Crippen LogP contribution in [0.5, 0.6) is 0 Å². The lowest BCUT2D eigenvalue weighted by Gasteiger charge is -2.32. The molecule has 1 saturated carbocycles. The van der Waals surface area contributed by atoms with E-state index in [-0.39, 0.29) is 0 Å². The van der Waals surface area contributed by atoms with Gasteiger partial charge in [-0.3, -0.25) is 0 Å². The minimum atomic E-state index is 0.607. The van der Waals surface area contributed by atoms with Gasteiger partial charge in [-0.2, -0.15) is 0 Å². The van der Waals surface area contributed by atoms with Gasteiger partial charge in [0.25, 0.3) is 0 Å². The summed E-state index contributed by atoms with van der Waals surface area (Å²) in [5.74, 6) is 1.15. The molecule has 1 fully saturated rings. The minimum Gasteiger partial charge on any atom is -0.361 e. The molecule has 0 bridgehead atoms. The lowest BCUT2D eigenvalue weighted by molar-refractivity contribution is 0.236. The highest BCUT2D eigenvalue weighted by Gasteiger charge is 2.39. The number of fused-ring (bicyclic) bond motifs is 1. The molecule has 0 aromatic carbocycles. The molecule has 0 atom stereocenters. The summed E-state index contributed by atoms with van der Waals surface area (Å²) in [5, 5.41) is 4.98. The van der Waals surface area contributed by atoms with E-state index in [4.69, 9.17) is 4.52 Å². The molecular weight excluding hydrogens is 254 g/mol. The first-order valence-corrected chi connectivity index (χ1v) is 6.97. The van der Waals surface area contributed by atoms with Crippen LogP contribution < -0.4 is 0 Å². The summed E-state index contributed by atoms with van der Waals surface area (Å²) >= 11 is 3.49. The van der Waals surface area contributed by atoms with Gasteiger partial charge < -0.3 is 4.52 Å². The highest BCUT2D eigenvalue weighted by molar-refractivity contribution is 9.08. The zero-order valence-electron chi connectivity index (χ0n) is 8.89. The number of alkyl halides is 1. The first-order chi connectivity index (χ1) is 7.33. The van der Waals surface area contributed by atoms with Gasteiger partial charge in [-0.05, 0) is 31.1 Å². The van der Waals surface area contributed by atoms with Crippen molar-refractivity contribution in [2.45, 2.75) is 50.3 Å². The second-order valence-electron chi connectivity index (χ2n) is 5.05. The molecular formula is C12H16BrNO. The summed E-state index contributed by atoms with van der Waals surface area (Å²) in [4.78, 5) is 0. The molecule has 2 aliphatic carbocycles. The molecule has 1 aromatic heterocycles. The molecule has 0 aliphatic heterocycles. The number of hydrogen-bond donors (Lipinski definition) is 0. The molecule has 0 radical (unpaired) electrons. The Morgan fingerprint density at radius 1 is 1.27 bits per heavy atom. The Hall–Kier alpha value is -0.310. The van der Waals surface area contributed by atoms with E-state index in [2.05, 4.69) is 21.1 Å². The van der Waals surface area contributed by atoms with Gasteiger partial charge in [0, 0.05) is 17.3 Å². The SMILES string of the molecule is BrCc1noc2c1CC1(CCCC1)CC2.